The molecule has 1 N–H and O–H groups in total. The van der Waals surface area contributed by atoms with E-state index in [4.69, 9.17) is 14.6 Å². The molecule has 2 aromatic carbocycles. The smallest absolute Gasteiger partial charge is 0.119 e. The maximum absolute atomic E-state index is 8.71. The van der Waals surface area contributed by atoms with E-state index in [1.807, 2.05) is 43.3 Å². The molecule has 0 atom stereocenters. The highest BCUT2D eigenvalue weighted by Crippen LogP contribution is 2.25. The van der Waals surface area contributed by atoms with Crippen LogP contribution in [-0.2, 0) is 0 Å². The molecule has 0 bridgehead atoms. The Morgan fingerprint density at radius 1 is 0.944 bits per heavy atom. The van der Waals surface area contributed by atoms with E-state index in [1.165, 1.54) is 0 Å². The Labute approximate surface area is 107 Å². The van der Waals surface area contributed by atoms with Crippen LogP contribution in [0.2, 0.25) is 0 Å². The van der Waals surface area contributed by atoms with Crippen molar-refractivity contribution in [3.63, 3.8) is 0 Å². The molecule has 0 aliphatic rings. The second-order valence-corrected chi connectivity index (χ2v) is 4.03. The first-order chi connectivity index (χ1) is 8.83. The Hall–Kier alpha value is -1.74. The maximum Gasteiger partial charge on any atom is 0.119 e. The molecule has 0 unspecified atom stereocenters. The highest BCUT2D eigenvalue weighted by atomic mass is 16.5. The van der Waals surface area contributed by atoms with Crippen LogP contribution in [0, 0.1) is 0 Å². The number of ether oxygens (including phenoxy) is 2. The van der Waals surface area contributed by atoms with Crippen LogP contribution in [0.5, 0.6) is 11.5 Å². The Kier molecular flexibility index (Phi) is 4.42. The van der Waals surface area contributed by atoms with Gasteiger partial charge in [-0.05, 0) is 42.0 Å². The van der Waals surface area contributed by atoms with Crippen molar-refractivity contribution in [2.75, 3.05) is 19.8 Å². The lowest BCUT2D eigenvalue weighted by molar-refractivity contribution is 0.234. The van der Waals surface area contributed by atoms with E-state index in [1.54, 1.807) is 0 Å². The van der Waals surface area contributed by atoms with Crippen LogP contribution in [0.15, 0.2) is 36.4 Å². The summed E-state index contributed by atoms with van der Waals surface area (Å²) in [4.78, 5) is 0. The van der Waals surface area contributed by atoms with Gasteiger partial charge in [0.2, 0.25) is 0 Å². The molecule has 18 heavy (non-hydrogen) atoms. The summed E-state index contributed by atoms with van der Waals surface area (Å²) in [5, 5.41) is 11.0. The summed E-state index contributed by atoms with van der Waals surface area (Å²) in [5.74, 6) is 1.70. The minimum atomic E-state index is 0.155. The molecule has 2 rings (SSSR count). The number of benzene rings is 2. The normalized spacial score (nSPS) is 10.6. The molecule has 0 heterocycles. The van der Waals surface area contributed by atoms with Gasteiger partial charge in [0.1, 0.15) is 11.5 Å². The van der Waals surface area contributed by atoms with Crippen LogP contribution >= 0.6 is 0 Å². The molecule has 0 amide bonds. The van der Waals surface area contributed by atoms with Gasteiger partial charge >= 0.3 is 0 Å². The molecule has 0 aliphatic carbocycles. The van der Waals surface area contributed by atoms with Crippen LogP contribution in [0.25, 0.3) is 10.8 Å². The van der Waals surface area contributed by atoms with Crippen molar-refractivity contribution in [1.82, 2.24) is 0 Å². The third-order valence-electron chi connectivity index (χ3n) is 2.67. The standard InChI is InChI=1S/C15H18O3/c1-2-17-14-6-4-12-5-7-15(11-13(12)10-14)18-9-3-8-16/h4-7,10-11,16H,2-3,8-9H2,1H3. The predicted molar refractivity (Wildman–Crippen MR) is 72.3 cm³/mol. The fourth-order valence-corrected chi connectivity index (χ4v) is 1.80. The molecule has 3 nitrogen and oxygen atoms in total. The van der Waals surface area contributed by atoms with Crippen LogP contribution in [-0.4, -0.2) is 24.9 Å². The van der Waals surface area contributed by atoms with Crippen molar-refractivity contribution < 1.29 is 14.6 Å². The zero-order chi connectivity index (χ0) is 12.8. The Morgan fingerprint density at radius 3 is 2.22 bits per heavy atom. The van der Waals surface area contributed by atoms with Gasteiger partial charge in [0.25, 0.3) is 0 Å². The zero-order valence-electron chi connectivity index (χ0n) is 10.6. The summed E-state index contributed by atoms with van der Waals surface area (Å²) in [5.41, 5.74) is 0. The molecule has 0 spiro atoms. The second-order valence-electron chi connectivity index (χ2n) is 4.03. The van der Waals surface area contributed by atoms with Crippen molar-refractivity contribution in [2.45, 2.75) is 13.3 Å². The largest absolute Gasteiger partial charge is 0.494 e. The molecule has 0 fully saturated rings. The first-order valence-electron chi connectivity index (χ1n) is 6.24. The minimum absolute atomic E-state index is 0.155. The van der Waals surface area contributed by atoms with E-state index in [2.05, 4.69) is 0 Å². The first-order valence-corrected chi connectivity index (χ1v) is 6.24. The number of rotatable bonds is 6. The molecule has 0 radical (unpaired) electrons. The van der Waals surface area contributed by atoms with Gasteiger partial charge in [-0.2, -0.15) is 0 Å². The predicted octanol–water partition coefficient (Wildman–Crippen LogP) is 3.00. The lowest BCUT2D eigenvalue weighted by Crippen LogP contribution is -1.99. The van der Waals surface area contributed by atoms with Crippen molar-refractivity contribution in [3.8, 4) is 11.5 Å². The van der Waals surface area contributed by atoms with Gasteiger partial charge in [-0.3, -0.25) is 0 Å². The molecule has 96 valence electrons. The Bertz CT molecular complexity index is 508. The number of hydrogen-bond donors (Lipinski definition) is 1. The second kappa shape index (κ2) is 6.26. The highest BCUT2D eigenvalue weighted by Gasteiger charge is 2.00. The van der Waals surface area contributed by atoms with Gasteiger partial charge in [0.15, 0.2) is 0 Å². The van der Waals surface area contributed by atoms with E-state index in [0.29, 0.717) is 19.6 Å². The number of hydrogen-bond acceptors (Lipinski definition) is 3. The fraction of sp³-hybridized carbons (Fsp3) is 0.333. The van der Waals surface area contributed by atoms with Gasteiger partial charge in [0.05, 0.1) is 13.2 Å². The van der Waals surface area contributed by atoms with Crippen LogP contribution < -0.4 is 9.47 Å². The van der Waals surface area contributed by atoms with Crippen LogP contribution in [0.4, 0.5) is 0 Å². The van der Waals surface area contributed by atoms with Crippen molar-refractivity contribution in [2.24, 2.45) is 0 Å². The minimum Gasteiger partial charge on any atom is -0.494 e. The molecule has 0 saturated carbocycles. The van der Waals surface area contributed by atoms with E-state index < -0.39 is 0 Å². The van der Waals surface area contributed by atoms with Crippen LogP contribution in [0.3, 0.4) is 0 Å². The number of fused-ring (bicyclic) bond motifs is 1. The van der Waals surface area contributed by atoms with Gasteiger partial charge < -0.3 is 14.6 Å². The molecule has 0 aromatic heterocycles. The van der Waals surface area contributed by atoms with E-state index in [-0.39, 0.29) is 6.61 Å². The van der Waals surface area contributed by atoms with E-state index >= 15 is 0 Å². The van der Waals surface area contributed by atoms with Gasteiger partial charge in [-0.15, -0.1) is 0 Å². The summed E-state index contributed by atoms with van der Waals surface area (Å²) in [7, 11) is 0. The fourth-order valence-electron chi connectivity index (χ4n) is 1.80. The van der Waals surface area contributed by atoms with Gasteiger partial charge in [-0.25, -0.2) is 0 Å². The lowest BCUT2D eigenvalue weighted by atomic mass is 10.1. The van der Waals surface area contributed by atoms with Crippen LogP contribution in [0.1, 0.15) is 13.3 Å². The summed E-state index contributed by atoms with van der Waals surface area (Å²) < 4.78 is 11.0. The van der Waals surface area contributed by atoms with E-state index in [0.717, 1.165) is 22.3 Å². The van der Waals surface area contributed by atoms with Gasteiger partial charge in [-0.1, -0.05) is 12.1 Å². The average Bonchev–Trinajstić information content (AvgIpc) is 2.39. The first kappa shape index (κ1) is 12.7. The monoisotopic (exact) mass is 246 g/mol. The topological polar surface area (TPSA) is 38.7 Å². The molecule has 2 aromatic rings. The number of aliphatic hydroxyl groups is 1. The summed E-state index contributed by atoms with van der Waals surface area (Å²) >= 11 is 0. The lowest BCUT2D eigenvalue weighted by Gasteiger charge is -2.08. The third kappa shape index (κ3) is 3.14. The Balaban J connectivity index is 2.19. The molecule has 3 heteroatoms. The summed E-state index contributed by atoms with van der Waals surface area (Å²) in [6, 6.07) is 12.0. The Morgan fingerprint density at radius 2 is 1.61 bits per heavy atom. The number of aliphatic hydroxyl groups excluding tert-OH is 1. The summed E-state index contributed by atoms with van der Waals surface area (Å²) in [6.45, 7) is 3.33. The van der Waals surface area contributed by atoms with Crippen molar-refractivity contribution in [1.29, 1.82) is 0 Å². The molecule has 0 saturated heterocycles. The average molecular weight is 246 g/mol. The van der Waals surface area contributed by atoms with Crippen molar-refractivity contribution in [3.05, 3.63) is 36.4 Å². The third-order valence-corrected chi connectivity index (χ3v) is 2.67. The maximum atomic E-state index is 8.71. The zero-order valence-corrected chi connectivity index (χ0v) is 10.6. The molecular weight excluding hydrogens is 228 g/mol. The molecule has 0 aliphatic heterocycles. The molecular formula is C15H18O3. The SMILES string of the molecule is CCOc1ccc2ccc(OCCCO)cc2c1. The van der Waals surface area contributed by atoms with Gasteiger partial charge in [0, 0.05) is 13.0 Å². The summed E-state index contributed by atoms with van der Waals surface area (Å²) in [6.07, 6.45) is 0.650. The highest BCUT2D eigenvalue weighted by molar-refractivity contribution is 5.85. The van der Waals surface area contributed by atoms with E-state index in [9.17, 15) is 0 Å². The quantitative estimate of drug-likeness (QED) is 0.796. The van der Waals surface area contributed by atoms with Crippen molar-refractivity contribution >= 4 is 10.8 Å².